The minimum absolute atomic E-state index is 0.0627. The molecule has 0 aliphatic carbocycles. The summed E-state index contributed by atoms with van der Waals surface area (Å²) in [6.07, 6.45) is 1.87. The summed E-state index contributed by atoms with van der Waals surface area (Å²) < 4.78 is 5.13. The zero-order valence-electron chi connectivity index (χ0n) is 13.5. The summed E-state index contributed by atoms with van der Waals surface area (Å²) in [5, 5.41) is 9.72. The van der Waals surface area contributed by atoms with E-state index in [0.717, 1.165) is 22.1 Å². The highest BCUT2D eigenvalue weighted by Crippen LogP contribution is 2.18. The fourth-order valence-electron chi connectivity index (χ4n) is 2.58. The maximum absolute atomic E-state index is 12.3. The summed E-state index contributed by atoms with van der Waals surface area (Å²) in [5.74, 6) is -1.09. The molecule has 1 saturated heterocycles. The molecular weight excluding hydrogens is 318 g/mol. The molecule has 1 aliphatic rings. The maximum atomic E-state index is 12.3. The molecule has 7 nitrogen and oxygen atoms in total. The van der Waals surface area contributed by atoms with E-state index in [2.05, 4.69) is 9.97 Å². The SMILES string of the molecule is CSc1nc(C)c(CCC(=O)N2CCOC(C(=O)O)C2)c(C)n1. The van der Waals surface area contributed by atoms with E-state index in [9.17, 15) is 9.59 Å². The van der Waals surface area contributed by atoms with E-state index in [0.29, 0.717) is 19.4 Å². The molecule has 2 rings (SSSR count). The standard InChI is InChI=1S/C15H21N3O4S/c1-9-11(10(2)17-15(16-9)23-3)4-5-13(19)18-6-7-22-12(8-18)14(20)21/h12H,4-8H2,1-3H3,(H,20,21). The van der Waals surface area contributed by atoms with Gasteiger partial charge in [0.15, 0.2) is 11.3 Å². The second-order valence-corrected chi connectivity index (χ2v) is 6.17. The Morgan fingerprint density at radius 1 is 1.35 bits per heavy atom. The number of hydrogen-bond acceptors (Lipinski definition) is 6. The van der Waals surface area contributed by atoms with E-state index < -0.39 is 12.1 Å². The molecule has 1 unspecified atom stereocenters. The summed E-state index contributed by atoms with van der Waals surface area (Å²) >= 11 is 1.49. The van der Waals surface area contributed by atoms with Crippen LogP contribution in [-0.2, 0) is 20.7 Å². The van der Waals surface area contributed by atoms with Gasteiger partial charge in [0.25, 0.3) is 0 Å². The highest BCUT2D eigenvalue weighted by Gasteiger charge is 2.28. The summed E-state index contributed by atoms with van der Waals surface area (Å²) in [6.45, 7) is 4.63. The van der Waals surface area contributed by atoms with Gasteiger partial charge in [-0.3, -0.25) is 4.79 Å². The van der Waals surface area contributed by atoms with Gasteiger partial charge in [-0.25, -0.2) is 14.8 Å². The van der Waals surface area contributed by atoms with Crippen molar-refractivity contribution in [3.8, 4) is 0 Å². The molecule has 8 heteroatoms. The van der Waals surface area contributed by atoms with Gasteiger partial charge < -0.3 is 14.7 Å². The number of aryl methyl sites for hydroxylation is 2. The zero-order valence-corrected chi connectivity index (χ0v) is 14.4. The topological polar surface area (TPSA) is 92.6 Å². The zero-order chi connectivity index (χ0) is 17.0. The van der Waals surface area contributed by atoms with Crippen LogP contribution in [-0.4, -0.2) is 63.9 Å². The highest BCUT2D eigenvalue weighted by molar-refractivity contribution is 7.98. The number of rotatable bonds is 5. The van der Waals surface area contributed by atoms with Crippen molar-refractivity contribution in [3.63, 3.8) is 0 Å². The average molecular weight is 339 g/mol. The van der Waals surface area contributed by atoms with Gasteiger partial charge in [0.1, 0.15) is 0 Å². The Morgan fingerprint density at radius 2 is 2.00 bits per heavy atom. The molecule has 0 bridgehead atoms. The van der Waals surface area contributed by atoms with Crippen molar-refractivity contribution < 1.29 is 19.4 Å². The number of aromatic nitrogens is 2. The number of hydrogen-bond donors (Lipinski definition) is 1. The monoisotopic (exact) mass is 339 g/mol. The molecule has 0 spiro atoms. The normalized spacial score (nSPS) is 18.0. The Balaban J connectivity index is 1.98. The first-order valence-corrected chi connectivity index (χ1v) is 8.65. The number of carboxylic acid groups (broad SMARTS) is 1. The van der Waals surface area contributed by atoms with Gasteiger partial charge in [0, 0.05) is 24.4 Å². The average Bonchev–Trinajstić information content (AvgIpc) is 2.53. The summed E-state index contributed by atoms with van der Waals surface area (Å²) in [6, 6.07) is 0. The largest absolute Gasteiger partial charge is 0.479 e. The first-order chi connectivity index (χ1) is 10.9. The van der Waals surface area contributed by atoms with Crippen LogP contribution in [0.2, 0.25) is 0 Å². The van der Waals surface area contributed by atoms with Crippen molar-refractivity contribution in [3.05, 3.63) is 17.0 Å². The lowest BCUT2D eigenvalue weighted by atomic mass is 10.1. The summed E-state index contributed by atoms with van der Waals surface area (Å²) in [5.41, 5.74) is 2.76. The van der Waals surface area contributed by atoms with E-state index in [4.69, 9.17) is 9.84 Å². The third-order valence-corrected chi connectivity index (χ3v) is 4.41. The van der Waals surface area contributed by atoms with Gasteiger partial charge >= 0.3 is 5.97 Å². The fraction of sp³-hybridized carbons (Fsp3) is 0.600. The van der Waals surface area contributed by atoms with Crippen molar-refractivity contribution in [2.24, 2.45) is 0 Å². The number of aliphatic carboxylic acids is 1. The first-order valence-electron chi connectivity index (χ1n) is 7.42. The first kappa shape index (κ1) is 17.7. The lowest BCUT2D eigenvalue weighted by Gasteiger charge is -2.31. The van der Waals surface area contributed by atoms with Crippen LogP contribution in [0.4, 0.5) is 0 Å². The molecule has 1 fully saturated rings. The van der Waals surface area contributed by atoms with Crippen LogP contribution in [0, 0.1) is 13.8 Å². The van der Waals surface area contributed by atoms with E-state index in [-0.39, 0.29) is 19.1 Å². The van der Waals surface area contributed by atoms with Gasteiger partial charge in [0.2, 0.25) is 5.91 Å². The third-order valence-electron chi connectivity index (χ3n) is 3.87. The Hall–Kier alpha value is -1.67. The van der Waals surface area contributed by atoms with E-state index >= 15 is 0 Å². The van der Waals surface area contributed by atoms with Gasteiger partial charge in [-0.15, -0.1) is 0 Å². The molecule has 0 aromatic carbocycles. The Kier molecular flexibility index (Phi) is 5.95. The maximum Gasteiger partial charge on any atom is 0.334 e. The fourth-order valence-corrected chi connectivity index (χ4v) is 3.03. The van der Waals surface area contributed by atoms with Gasteiger partial charge in [-0.1, -0.05) is 11.8 Å². The molecule has 0 radical (unpaired) electrons. The minimum atomic E-state index is -1.03. The van der Waals surface area contributed by atoms with E-state index in [1.807, 2.05) is 20.1 Å². The third kappa shape index (κ3) is 4.42. The van der Waals surface area contributed by atoms with Crippen molar-refractivity contribution in [1.82, 2.24) is 14.9 Å². The number of carbonyl (C=O) groups is 2. The number of morpholine rings is 1. The Morgan fingerprint density at radius 3 is 2.57 bits per heavy atom. The molecular formula is C15H21N3O4S. The molecule has 1 aromatic heterocycles. The van der Waals surface area contributed by atoms with Crippen molar-refractivity contribution in [2.45, 2.75) is 37.9 Å². The number of carboxylic acids is 1. The van der Waals surface area contributed by atoms with Crippen LogP contribution in [0.1, 0.15) is 23.4 Å². The smallest absolute Gasteiger partial charge is 0.334 e. The van der Waals surface area contributed by atoms with E-state index in [1.54, 1.807) is 4.90 Å². The van der Waals surface area contributed by atoms with Crippen LogP contribution < -0.4 is 0 Å². The minimum Gasteiger partial charge on any atom is -0.479 e. The lowest BCUT2D eigenvalue weighted by Crippen LogP contribution is -2.48. The number of thioether (sulfide) groups is 1. The highest BCUT2D eigenvalue weighted by atomic mass is 32.2. The van der Waals surface area contributed by atoms with Crippen LogP contribution in [0.15, 0.2) is 5.16 Å². The number of ether oxygens (including phenoxy) is 1. The van der Waals surface area contributed by atoms with E-state index in [1.165, 1.54) is 11.8 Å². The molecule has 2 heterocycles. The molecule has 0 saturated carbocycles. The molecule has 1 amide bonds. The number of amides is 1. The molecule has 126 valence electrons. The Labute approximate surface area is 139 Å². The molecule has 1 aliphatic heterocycles. The molecule has 23 heavy (non-hydrogen) atoms. The summed E-state index contributed by atoms with van der Waals surface area (Å²) in [4.78, 5) is 33.7. The molecule has 1 aromatic rings. The molecule has 1 N–H and O–H groups in total. The van der Waals surface area contributed by atoms with Crippen molar-refractivity contribution in [2.75, 3.05) is 26.0 Å². The second-order valence-electron chi connectivity index (χ2n) is 5.40. The summed E-state index contributed by atoms with van der Waals surface area (Å²) in [7, 11) is 0. The van der Waals surface area contributed by atoms with Crippen LogP contribution in [0.25, 0.3) is 0 Å². The quantitative estimate of drug-likeness (QED) is 0.633. The second kappa shape index (κ2) is 7.74. The predicted molar refractivity (Wildman–Crippen MR) is 85.6 cm³/mol. The van der Waals surface area contributed by atoms with Gasteiger partial charge in [-0.05, 0) is 32.1 Å². The van der Waals surface area contributed by atoms with Crippen LogP contribution in [0.5, 0.6) is 0 Å². The van der Waals surface area contributed by atoms with Crippen molar-refractivity contribution in [1.29, 1.82) is 0 Å². The van der Waals surface area contributed by atoms with Gasteiger partial charge in [0.05, 0.1) is 13.2 Å². The Bertz CT molecular complexity index is 585. The van der Waals surface area contributed by atoms with Crippen LogP contribution in [0.3, 0.4) is 0 Å². The lowest BCUT2D eigenvalue weighted by molar-refractivity contribution is -0.159. The number of carbonyl (C=O) groups excluding carboxylic acids is 1. The predicted octanol–water partition coefficient (Wildman–Crippen LogP) is 1.06. The molecule has 1 atom stereocenters. The van der Waals surface area contributed by atoms with Crippen molar-refractivity contribution >= 4 is 23.6 Å². The van der Waals surface area contributed by atoms with Crippen LogP contribution >= 0.6 is 11.8 Å². The van der Waals surface area contributed by atoms with Gasteiger partial charge in [-0.2, -0.15) is 0 Å². The number of nitrogens with zero attached hydrogens (tertiary/aromatic N) is 3.